The number of alkyl halides is 1. The molecule has 0 radical (unpaired) electrons. The van der Waals surface area contributed by atoms with Crippen LogP contribution in [0.5, 0.6) is 0 Å². The van der Waals surface area contributed by atoms with Gasteiger partial charge in [0.05, 0.1) is 0 Å². The summed E-state index contributed by atoms with van der Waals surface area (Å²) in [6.07, 6.45) is 0.779. The molecular formula is C11H16FN. The maximum absolute atomic E-state index is 12.3. The van der Waals surface area contributed by atoms with Gasteiger partial charge < -0.3 is 5.73 Å². The van der Waals surface area contributed by atoms with Crippen LogP contribution in [0.2, 0.25) is 0 Å². The number of rotatable bonds is 3. The maximum atomic E-state index is 12.3. The molecular weight excluding hydrogens is 165 g/mol. The molecule has 0 bridgehead atoms. The van der Waals surface area contributed by atoms with E-state index in [-0.39, 0.29) is 5.54 Å². The van der Waals surface area contributed by atoms with Gasteiger partial charge in [-0.3, -0.25) is 0 Å². The van der Waals surface area contributed by atoms with Crippen LogP contribution in [-0.4, -0.2) is 5.54 Å². The van der Waals surface area contributed by atoms with Gasteiger partial charge in [0.2, 0.25) is 0 Å². The zero-order valence-electron chi connectivity index (χ0n) is 8.18. The second kappa shape index (κ2) is 3.88. The predicted molar refractivity (Wildman–Crippen MR) is 53.2 cm³/mol. The van der Waals surface area contributed by atoms with Crippen LogP contribution in [0, 0.1) is 0 Å². The number of hydrogen-bond acceptors (Lipinski definition) is 1. The standard InChI is InChI=1S/C11H16FN/c1-11(2,13)7-9-4-3-5-10(6-9)8-12/h3-6H,7-8,13H2,1-2H3. The molecule has 0 heterocycles. The summed E-state index contributed by atoms with van der Waals surface area (Å²) < 4.78 is 12.3. The average molecular weight is 181 g/mol. The molecule has 0 aliphatic heterocycles. The smallest absolute Gasteiger partial charge is 0.115 e. The van der Waals surface area contributed by atoms with E-state index in [1.54, 1.807) is 6.07 Å². The fourth-order valence-corrected chi connectivity index (χ4v) is 1.35. The monoisotopic (exact) mass is 181 g/mol. The fourth-order valence-electron chi connectivity index (χ4n) is 1.35. The summed E-state index contributed by atoms with van der Waals surface area (Å²) in [4.78, 5) is 0. The quantitative estimate of drug-likeness (QED) is 0.761. The van der Waals surface area contributed by atoms with Crippen LogP contribution >= 0.6 is 0 Å². The van der Waals surface area contributed by atoms with Crippen LogP contribution in [0.1, 0.15) is 25.0 Å². The van der Waals surface area contributed by atoms with Crippen molar-refractivity contribution in [3.8, 4) is 0 Å². The molecule has 0 saturated carbocycles. The van der Waals surface area contributed by atoms with E-state index in [2.05, 4.69) is 0 Å². The molecule has 0 fully saturated rings. The van der Waals surface area contributed by atoms with Crippen LogP contribution in [0.15, 0.2) is 24.3 Å². The summed E-state index contributed by atoms with van der Waals surface area (Å²) >= 11 is 0. The first-order chi connectivity index (χ1) is 6.01. The summed E-state index contributed by atoms with van der Waals surface area (Å²) in [7, 11) is 0. The Bertz CT molecular complexity index is 276. The lowest BCUT2D eigenvalue weighted by atomic mass is 9.95. The van der Waals surface area contributed by atoms with E-state index in [0.717, 1.165) is 17.5 Å². The average Bonchev–Trinajstić information content (AvgIpc) is 2.01. The Morgan fingerprint density at radius 1 is 1.31 bits per heavy atom. The van der Waals surface area contributed by atoms with Gasteiger partial charge in [-0.15, -0.1) is 0 Å². The number of hydrogen-bond donors (Lipinski definition) is 1. The lowest BCUT2D eigenvalue weighted by Gasteiger charge is -2.18. The third-order valence-corrected chi connectivity index (χ3v) is 1.81. The minimum absolute atomic E-state index is 0.227. The van der Waals surface area contributed by atoms with Crippen LogP contribution in [0.3, 0.4) is 0 Å². The Labute approximate surface area is 78.8 Å². The first kappa shape index (κ1) is 10.2. The zero-order valence-corrected chi connectivity index (χ0v) is 8.18. The molecule has 0 spiro atoms. The summed E-state index contributed by atoms with van der Waals surface area (Å²) in [5, 5.41) is 0. The van der Waals surface area contributed by atoms with Crippen molar-refractivity contribution >= 4 is 0 Å². The molecule has 0 atom stereocenters. The van der Waals surface area contributed by atoms with Crippen molar-refractivity contribution < 1.29 is 4.39 Å². The van der Waals surface area contributed by atoms with Crippen molar-refractivity contribution in [2.75, 3.05) is 0 Å². The van der Waals surface area contributed by atoms with Gasteiger partial charge in [0, 0.05) is 5.54 Å². The minimum Gasteiger partial charge on any atom is -0.325 e. The summed E-state index contributed by atoms with van der Waals surface area (Å²) in [6.45, 7) is 3.53. The highest BCUT2D eigenvalue weighted by Gasteiger charge is 2.11. The fraction of sp³-hybridized carbons (Fsp3) is 0.455. The Balaban J connectivity index is 2.78. The van der Waals surface area contributed by atoms with Gasteiger partial charge >= 0.3 is 0 Å². The van der Waals surface area contributed by atoms with Crippen molar-refractivity contribution in [2.24, 2.45) is 5.73 Å². The largest absolute Gasteiger partial charge is 0.325 e. The molecule has 2 heteroatoms. The van der Waals surface area contributed by atoms with Crippen molar-refractivity contribution in [1.29, 1.82) is 0 Å². The highest BCUT2D eigenvalue weighted by atomic mass is 19.1. The molecule has 13 heavy (non-hydrogen) atoms. The van der Waals surface area contributed by atoms with Gasteiger partial charge in [0.15, 0.2) is 0 Å². The molecule has 0 saturated heterocycles. The van der Waals surface area contributed by atoms with Crippen molar-refractivity contribution in [2.45, 2.75) is 32.5 Å². The molecule has 1 rings (SSSR count). The van der Waals surface area contributed by atoms with Gasteiger partial charge in [-0.25, -0.2) is 4.39 Å². The van der Waals surface area contributed by atoms with Crippen LogP contribution in [0.4, 0.5) is 4.39 Å². The third-order valence-electron chi connectivity index (χ3n) is 1.81. The first-order valence-corrected chi connectivity index (χ1v) is 4.44. The minimum atomic E-state index is -0.404. The molecule has 0 amide bonds. The second-order valence-corrected chi connectivity index (χ2v) is 4.12. The lowest BCUT2D eigenvalue weighted by molar-refractivity contribution is 0.483. The second-order valence-electron chi connectivity index (χ2n) is 4.12. The number of benzene rings is 1. The van der Waals surface area contributed by atoms with Crippen LogP contribution in [0.25, 0.3) is 0 Å². The Hall–Kier alpha value is -0.890. The van der Waals surface area contributed by atoms with E-state index in [1.165, 1.54) is 0 Å². The topological polar surface area (TPSA) is 26.0 Å². The number of nitrogens with two attached hydrogens (primary N) is 1. The molecule has 1 aromatic rings. The van der Waals surface area contributed by atoms with Gasteiger partial charge in [-0.05, 0) is 31.4 Å². The van der Waals surface area contributed by atoms with Gasteiger partial charge in [0.1, 0.15) is 6.67 Å². The molecule has 0 unspecified atom stereocenters. The van der Waals surface area contributed by atoms with E-state index < -0.39 is 6.67 Å². The molecule has 0 aliphatic carbocycles. The van der Waals surface area contributed by atoms with E-state index in [4.69, 9.17) is 5.73 Å². The third kappa shape index (κ3) is 3.55. The van der Waals surface area contributed by atoms with E-state index in [9.17, 15) is 4.39 Å². The Kier molecular flexibility index (Phi) is 3.04. The van der Waals surface area contributed by atoms with Gasteiger partial charge in [0.25, 0.3) is 0 Å². The maximum Gasteiger partial charge on any atom is 0.115 e. The Morgan fingerprint density at radius 3 is 2.46 bits per heavy atom. The van der Waals surface area contributed by atoms with E-state index in [1.807, 2.05) is 32.0 Å². The van der Waals surface area contributed by atoms with Crippen LogP contribution < -0.4 is 5.73 Å². The normalized spacial score (nSPS) is 11.7. The summed E-state index contributed by atoms with van der Waals surface area (Å²) in [5.41, 5.74) is 7.46. The highest BCUT2D eigenvalue weighted by molar-refractivity contribution is 5.24. The molecule has 0 aliphatic rings. The van der Waals surface area contributed by atoms with Crippen molar-refractivity contribution in [3.63, 3.8) is 0 Å². The molecule has 1 nitrogen and oxygen atoms in total. The first-order valence-electron chi connectivity index (χ1n) is 4.44. The summed E-state index contributed by atoms with van der Waals surface area (Å²) in [5.74, 6) is 0. The highest BCUT2D eigenvalue weighted by Crippen LogP contribution is 2.12. The van der Waals surface area contributed by atoms with Crippen molar-refractivity contribution in [3.05, 3.63) is 35.4 Å². The van der Waals surface area contributed by atoms with Crippen molar-refractivity contribution in [1.82, 2.24) is 0 Å². The Morgan fingerprint density at radius 2 is 1.92 bits per heavy atom. The van der Waals surface area contributed by atoms with E-state index in [0.29, 0.717) is 0 Å². The summed E-state index contributed by atoms with van der Waals surface area (Å²) in [6, 6.07) is 7.51. The molecule has 1 aromatic carbocycles. The molecule has 2 N–H and O–H groups in total. The lowest BCUT2D eigenvalue weighted by Crippen LogP contribution is -2.34. The van der Waals surface area contributed by atoms with Crippen LogP contribution in [-0.2, 0) is 13.1 Å². The molecule has 0 aromatic heterocycles. The van der Waals surface area contributed by atoms with E-state index >= 15 is 0 Å². The SMILES string of the molecule is CC(C)(N)Cc1cccc(CF)c1. The van der Waals surface area contributed by atoms with Gasteiger partial charge in [-0.1, -0.05) is 24.3 Å². The zero-order chi connectivity index (χ0) is 9.90. The van der Waals surface area contributed by atoms with Gasteiger partial charge in [-0.2, -0.15) is 0 Å². The number of halogens is 1. The molecule has 72 valence electrons. The predicted octanol–water partition coefficient (Wildman–Crippen LogP) is 2.44.